The van der Waals surface area contributed by atoms with Gasteiger partial charge in [-0.3, -0.25) is 19.2 Å². The molecule has 0 aliphatic heterocycles. The van der Waals surface area contributed by atoms with Crippen LogP contribution in [0.2, 0.25) is 0 Å². The Bertz CT molecular complexity index is 1800. The second-order valence-electron chi connectivity index (χ2n) is 7.16. The maximum absolute atomic E-state index is 11.8. The molecule has 0 amide bonds. The summed E-state index contributed by atoms with van der Waals surface area (Å²) in [4.78, 5) is 9.09. The van der Waals surface area contributed by atoms with Gasteiger partial charge in [-0.1, -0.05) is 12.1 Å². The van der Waals surface area contributed by atoms with E-state index in [0.717, 1.165) is 30.3 Å². The minimum absolute atomic E-state index is 0.00757. The number of nitro groups is 1. The highest BCUT2D eigenvalue weighted by molar-refractivity contribution is 7.86. The third-order valence-electron chi connectivity index (χ3n) is 5.02. The van der Waals surface area contributed by atoms with Crippen molar-refractivity contribution in [3.05, 3.63) is 64.7 Å². The fourth-order valence-electron chi connectivity index (χ4n) is 3.51. The average Bonchev–Trinajstić information content (AvgIpc) is 2.76. The molecule has 0 aliphatic carbocycles. The van der Waals surface area contributed by atoms with Crippen LogP contribution >= 0.6 is 0 Å². The van der Waals surface area contributed by atoms with Gasteiger partial charge in [0.15, 0.2) is 0 Å². The summed E-state index contributed by atoms with van der Waals surface area (Å²) < 4.78 is 66.0. The average molecular weight is 519 g/mol. The smallest absolute Gasteiger partial charge is 0.295 e. The summed E-state index contributed by atoms with van der Waals surface area (Å²) in [5.41, 5.74) is -1.11. The number of nitro benzene ring substituents is 1. The first-order valence-electron chi connectivity index (χ1n) is 9.34. The molecular formula is C20H13N3O10S2. The second kappa shape index (κ2) is 8.24. The molecule has 0 spiro atoms. The van der Waals surface area contributed by atoms with Crippen LogP contribution in [0.1, 0.15) is 0 Å². The van der Waals surface area contributed by atoms with E-state index in [2.05, 4.69) is 10.2 Å². The Hall–Kier alpha value is -4.18. The van der Waals surface area contributed by atoms with Crippen LogP contribution in [-0.4, -0.2) is 41.1 Å². The summed E-state index contributed by atoms with van der Waals surface area (Å²) in [5, 5.41) is 39.2. The molecule has 0 unspecified atom stereocenters. The highest BCUT2D eigenvalue weighted by Crippen LogP contribution is 2.43. The quantitative estimate of drug-likeness (QED) is 0.127. The molecule has 4 rings (SSSR count). The molecule has 0 saturated heterocycles. The first kappa shape index (κ1) is 24.0. The van der Waals surface area contributed by atoms with Gasteiger partial charge in [-0.2, -0.15) is 16.8 Å². The maximum Gasteiger partial charge on any atom is 0.295 e. The number of rotatable bonds is 5. The predicted octanol–water partition coefficient (Wildman–Crippen LogP) is 4.22. The molecule has 180 valence electrons. The zero-order valence-corrected chi connectivity index (χ0v) is 18.7. The third-order valence-corrected chi connectivity index (χ3v) is 6.83. The Morgan fingerprint density at radius 3 is 1.86 bits per heavy atom. The molecule has 35 heavy (non-hydrogen) atoms. The molecule has 0 radical (unpaired) electrons. The fraction of sp³-hybridized carbons (Fsp3) is 0. The van der Waals surface area contributed by atoms with Crippen molar-refractivity contribution < 1.29 is 41.1 Å². The van der Waals surface area contributed by atoms with Crippen molar-refractivity contribution in [1.82, 2.24) is 0 Å². The topological polar surface area (TPSA) is 217 Å². The first-order chi connectivity index (χ1) is 16.3. The summed E-state index contributed by atoms with van der Waals surface area (Å²) in [6.07, 6.45) is 0. The lowest BCUT2D eigenvalue weighted by Gasteiger charge is -2.10. The number of benzene rings is 4. The molecule has 15 heteroatoms. The number of phenolic OH excluding ortho intramolecular Hbond substituents is 2. The monoisotopic (exact) mass is 519 g/mol. The number of phenols is 2. The van der Waals surface area contributed by atoms with Gasteiger partial charge in [0.05, 0.1) is 4.92 Å². The van der Waals surface area contributed by atoms with Gasteiger partial charge >= 0.3 is 0 Å². The molecule has 4 aromatic rings. The number of nitrogens with zero attached hydrogens (tertiary/aromatic N) is 3. The van der Waals surface area contributed by atoms with E-state index < -0.39 is 52.1 Å². The summed E-state index contributed by atoms with van der Waals surface area (Å²) in [5.74, 6) is -1.20. The van der Waals surface area contributed by atoms with Crippen LogP contribution in [0.15, 0.2) is 74.6 Å². The van der Waals surface area contributed by atoms with Crippen molar-refractivity contribution >= 4 is 58.8 Å². The van der Waals surface area contributed by atoms with Crippen molar-refractivity contribution in [2.45, 2.75) is 9.79 Å². The van der Waals surface area contributed by atoms with E-state index in [1.165, 1.54) is 18.2 Å². The lowest BCUT2D eigenvalue weighted by atomic mass is 10.1. The highest BCUT2D eigenvalue weighted by Gasteiger charge is 2.22. The van der Waals surface area contributed by atoms with Crippen LogP contribution in [0, 0.1) is 10.1 Å². The van der Waals surface area contributed by atoms with Crippen molar-refractivity contribution in [3.8, 4) is 11.5 Å². The Labute approximate surface area is 196 Å². The number of hydrogen-bond donors (Lipinski definition) is 4. The Balaban J connectivity index is 2.00. The molecule has 13 nitrogen and oxygen atoms in total. The summed E-state index contributed by atoms with van der Waals surface area (Å²) in [6, 6.07) is 9.76. The zero-order valence-electron chi connectivity index (χ0n) is 17.1. The molecule has 0 atom stereocenters. The van der Waals surface area contributed by atoms with Crippen LogP contribution in [0.25, 0.3) is 21.5 Å². The Morgan fingerprint density at radius 1 is 0.686 bits per heavy atom. The molecule has 0 heterocycles. The Kier molecular flexibility index (Phi) is 5.64. The number of azo groups is 1. The van der Waals surface area contributed by atoms with E-state index in [0.29, 0.717) is 6.07 Å². The molecule has 0 aliphatic rings. The zero-order chi connectivity index (χ0) is 25.7. The van der Waals surface area contributed by atoms with Crippen molar-refractivity contribution in [3.63, 3.8) is 0 Å². The lowest BCUT2D eigenvalue weighted by Crippen LogP contribution is -2.00. The van der Waals surface area contributed by atoms with E-state index >= 15 is 0 Å². The molecule has 0 fully saturated rings. The van der Waals surface area contributed by atoms with E-state index in [1.54, 1.807) is 0 Å². The summed E-state index contributed by atoms with van der Waals surface area (Å²) in [6.45, 7) is 0. The maximum atomic E-state index is 11.8. The summed E-state index contributed by atoms with van der Waals surface area (Å²) >= 11 is 0. The van der Waals surface area contributed by atoms with Crippen LogP contribution in [-0.2, 0) is 20.2 Å². The lowest BCUT2D eigenvalue weighted by molar-refractivity contribution is -0.384. The first-order valence-corrected chi connectivity index (χ1v) is 12.2. The van der Waals surface area contributed by atoms with Gasteiger partial charge in [-0.15, -0.1) is 10.2 Å². The molecule has 4 N–H and O–H groups in total. The molecular weight excluding hydrogens is 506 g/mol. The largest absolute Gasteiger partial charge is 0.506 e. The van der Waals surface area contributed by atoms with Gasteiger partial charge in [-0.25, -0.2) is 0 Å². The Morgan fingerprint density at radius 2 is 1.26 bits per heavy atom. The van der Waals surface area contributed by atoms with Crippen LogP contribution in [0.5, 0.6) is 11.5 Å². The number of non-ortho nitro benzene ring substituents is 1. The molecule has 0 saturated carbocycles. The minimum atomic E-state index is -4.91. The second-order valence-corrected chi connectivity index (χ2v) is 9.94. The molecule has 0 aromatic heterocycles. The van der Waals surface area contributed by atoms with Crippen LogP contribution in [0.4, 0.5) is 17.1 Å². The van der Waals surface area contributed by atoms with Gasteiger partial charge in [0.2, 0.25) is 0 Å². The van der Waals surface area contributed by atoms with Gasteiger partial charge in [0.1, 0.15) is 32.7 Å². The van der Waals surface area contributed by atoms with Crippen molar-refractivity contribution in [1.29, 1.82) is 0 Å². The SMILES string of the molecule is O=[N+]([O-])c1ccc2c(N=Nc3c(O)ccc4c(S(=O)(=O)O)cccc34)c(O)cc(S(=O)(=O)O)c2c1. The normalized spacial score (nSPS) is 12.5. The van der Waals surface area contributed by atoms with E-state index in [-0.39, 0.29) is 32.9 Å². The van der Waals surface area contributed by atoms with E-state index in [1.807, 2.05) is 0 Å². The molecule has 4 aromatic carbocycles. The van der Waals surface area contributed by atoms with E-state index in [4.69, 9.17) is 0 Å². The van der Waals surface area contributed by atoms with Crippen molar-refractivity contribution in [2.75, 3.05) is 0 Å². The predicted molar refractivity (Wildman–Crippen MR) is 122 cm³/mol. The van der Waals surface area contributed by atoms with Gasteiger partial charge in [0.25, 0.3) is 25.9 Å². The standard InChI is InChI=1S/C20H13N3O10S2/c24-15-7-6-11-12(2-1-3-17(11)34(28,29)30)19(15)21-22-20-13-5-4-10(23(26)27)8-14(13)18(9-16(20)25)35(31,32)33/h1-9,24-25H,(H,28,29,30)(H,31,32,33). The highest BCUT2D eigenvalue weighted by atomic mass is 32.2. The van der Waals surface area contributed by atoms with Gasteiger partial charge < -0.3 is 10.2 Å². The van der Waals surface area contributed by atoms with Crippen molar-refractivity contribution in [2.24, 2.45) is 10.2 Å². The van der Waals surface area contributed by atoms with Gasteiger partial charge in [0, 0.05) is 39.7 Å². The van der Waals surface area contributed by atoms with Crippen LogP contribution in [0.3, 0.4) is 0 Å². The fourth-order valence-corrected chi connectivity index (χ4v) is 4.93. The minimum Gasteiger partial charge on any atom is -0.506 e. The van der Waals surface area contributed by atoms with Gasteiger partial charge in [-0.05, 0) is 24.3 Å². The summed E-state index contributed by atoms with van der Waals surface area (Å²) in [7, 11) is -9.53. The number of aromatic hydroxyl groups is 2. The number of fused-ring (bicyclic) bond motifs is 2. The third kappa shape index (κ3) is 4.35. The van der Waals surface area contributed by atoms with E-state index in [9.17, 15) is 46.3 Å². The molecule has 0 bridgehead atoms. The number of hydrogen-bond acceptors (Lipinski definition) is 10. The van der Waals surface area contributed by atoms with Crippen LogP contribution < -0.4 is 0 Å².